The highest BCUT2D eigenvalue weighted by Gasteiger charge is 2.34. The number of carbonyl (C=O) groups is 2. The van der Waals surface area contributed by atoms with E-state index in [1.54, 1.807) is 0 Å². The van der Waals surface area contributed by atoms with Crippen LogP contribution in [0, 0.1) is 5.41 Å². The van der Waals surface area contributed by atoms with Crippen molar-refractivity contribution < 1.29 is 14.3 Å². The summed E-state index contributed by atoms with van der Waals surface area (Å²) in [5.41, 5.74) is -0.0724. The Hall–Kier alpha value is -1.06. The van der Waals surface area contributed by atoms with Crippen molar-refractivity contribution in [2.75, 3.05) is 13.7 Å². The molecule has 1 amide bonds. The van der Waals surface area contributed by atoms with Gasteiger partial charge in [0.05, 0.1) is 13.5 Å². The fourth-order valence-corrected chi connectivity index (χ4v) is 2.41. The Morgan fingerprint density at radius 3 is 2.38 bits per heavy atom. The molecule has 0 radical (unpaired) electrons. The van der Waals surface area contributed by atoms with Gasteiger partial charge in [-0.05, 0) is 18.3 Å². The van der Waals surface area contributed by atoms with E-state index in [0.29, 0.717) is 13.0 Å². The maximum atomic E-state index is 11.4. The summed E-state index contributed by atoms with van der Waals surface area (Å²) in [4.78, 5) is 22.4. The molecule has 0 spiro atoms. The van der Waals surface area contributed by atoms with Crippen molar-refractivity contribution in [2.24, 2.45) is 5.41 Å². The molecule has 0 aromatic carbocycles. The van der Waals surface area contributed by atoms with Gasteiger partial charge in [0, 0.05) is 13.5 Å². The molecule has 4 nitrogen and oxygen atoms in total. The van der Waals surface area contributed by atoms with Crippen LogP contribution < -0.4 is 5.32 Å². The monoisotopic (exact) mass is 227 g/mol. The van der Waals surface area contributed by atoms with Crippen LogP contribution in [-0.2, 0) is 14.3 Å². The van der Waals surface area contributed by atoms with E-state index in [4.69, 9.17) is 4.74 Å². The van der Waals surface area contributed by atoms with Gasteiger partial charge in [0.15, 0.2) is 0 Å². The predicted molar refractivity (Wildman–Crippen MR) is 60.8 cm³/mol. The van der Waals surface area contributed by atoms with Crippen molar-refractivity contribution in [3.8, 4) is 0 Å². The molecule has 1 fully saturated rings. The molecule has 0 aromatic rings. The highest BCUT2D eigenvalue weighted by atomic mass is 16.5. The van der Waals surface area contributed by atoms with Gasteiger partial charge in [-0.3, -0.25) is 9.59 Å². The van der Waals surface area contributed by atoms with Gasteiger partial charge in [0.1, 0.15) is 0 Å². The van der Waals surface area contributed by atoms with Gasteiger partial charge in [0.25, 0.3) is 0 Å². The minimum absolute atomic E-state index is 0.0326. The van der Waals surface area contributed by atoms with E-state index < -0.39 is 0 Å². The molecule has 0 aliphatic heterocycles. The van der Waals surface area contributed by atoms with Crippen LogP contribution in [0.25, 0.3) is 0 Å². The van der Waals surface area contributed by atoms with Crippen LogP contribution in [0.3, 0.4) is 0 Å². The van der Waals surface area contributed by atoms with Crippen molar-refractivity contribution in [1.82, 2.24) is 5.32 Å². The van der Waals surface area contributed by atoms with Crippen LogP contribution in [0.4, 0.5) is 0 Å². The lowest BCUT2D eigenvalue weighted by molar-refractivity contribution is -0.144. The number of methoxy groups -OCH3 is 1. The summed E-state index contributed by atoms with van der Waals surface area (Å²) >= 11 is 0. The first kappa shape index (κ1) is 13.0. The van der Waals surface area contributed by atoms with Crippen LogP contribution in [0.5, 0.6) is 0 Å². The first-order valence-corrected chi connectivity index (χ1v) is 5.89. The van der Waals surface area contributed by atoms with Crippen molar-refractivity contribution in [3.63, 3.8) is 0 Å². The lowest BCUT2D eigenvalue weighted by atomic mass is 9.71. The van der Waals surface area contributed by atoms with Crippen LogP contribution in [0.1, 0.15) is 45.4 Å². The Balaban J connectivity index is 2.59. The van der Waals surface area contributed by atoms with Crippen molar-refractivity contribution in [1.29, 1.82) is 0 Å². The van der Waals surface area contributed by atoms with Crippen LogP contribution in [-0.4, -0.2) is 25.5 Å². The molecule has 1 N–H and O–H groups in total. The third-order valence-electron chi connectivity index (χ3n) is 3.37. The maximum absolute atomic E-state index is 11.4. The standard InChI is InChI=1S/C12H21NO3/c1-10(14)13-9-12(8-11(15)16-2)6-4-3-5-7-12/h3-9H2,1-2H3,(H,13,14). The number of ether oxygens (including phenoxy) is 1. The van der Waals surface area contributed by atoms with Crippen LogP contribution in [0.2, 0.25) is 0 Å². The summed E-state index contributed by atoms with van der Waals surface area (Å²) < 4.78 is 4.73. The SMILES string of the molecule is COC(=O)CC1(CNC(C)=O)CCCCC1. The lowest BCUT2D eigenvalue weighted by Gasteiger charge is -2.36. The van der Waals surface area contributed by atoms with Crippen LogP contribution >= 0.6 is 0 Å². The molecular weight excluding hydrogens is 206 g/mol. The van der Waals surface area contributed by atoms with E-state index in [2.05, 4.69) is 5.32 Å². The molecule has 0 aromatic heterocycles. The minimum Gasteiger partial charge on any atom is -0.469 e. The normalized spacial score (nSPS) is 18.9. The molecule has 1 aliphatic carbocycles. The number of hydrogen-bond acceptors (Lipinski definition) is 3. The number of amides is 1. The zero-order chi connectivity index (χ0) is 12.0. The molecule has 0 saturated heterocycles. The van der Waals surface area contributed by atoms with E-state index in [1.165, 1.54) is 20.5 Å². The largest absolute Gasteiger partial charge is 0.469 e. The van der Waals surface area contributed by atoms with E-state index in [9.17, 15) is 9.59 Å². The topological polar surface area (TPSA) is 55.4 Å². The number of rotatable bonds is 4. The van der Waals surface area contributed by atoms with E-state index in [1.807, 2.05) is 0 Å². The maximum Gasteiger partial charge on any atom is 0.306 e. The smallest absolute Gasteiger partial charge is 0.306 e. The molecular formula is C12H21NO3. The van der Waals surface area contributed by atoms with E-state index >= 15 is 0 Å². The molecule has 0 bridgehead atoms. The highest BCUT2D eigenvalue weighted by Crippen LogP contribution is 2.39. The summed E-state index contributed by atoms with van der Waals surface area (Å²) in [6, 6.07) is 0. The Kier molecular flexibility index (Phi) is 4.77. The molecule has 1 aliphatic rings. The van der Waals surface area contributed by atoms with E-state index in [-0.39, 0.29) is 17.3 Å². The summed E-state index contributed by atoms with van der Waals surface area (Å²) in [6.45, 7) is 2.10. The predicted octanol–water partition coefficient (Wildman–Crippen LogP) is 1.64. The van der Waals surface area contributed by atoms with Crippen molar-refractivity contribution in [3.05, 3.63) is 0 Å². The summed E-state index contributed by atoms with van der Waals surface area (Å²) in [6.07, 6.45) is 5.92. The number of esters is 1. The molecule has 0 unspecified atom stereocenters. The number of nitrogens with one attached hydrogen (secondary N) is 1. The third-order valence-corrected chi connectivity index (χ3v) is 3.37. The average molecular weight is 227 g/mol. The molecule has 4 heteroatoms. The number of hydrogen-bond donors (Lipinski definition) is 1. The third kappa shape index (κ3) is 3.83. The average Bonchev–Trinajstić information content (AvgIpc) is 2.28. The lowest BCUT2D eigenvalue weighted by Crippen LogP contribution is -2.39. The van der Waals surface area contributed by atoms with Gasteiger partial charge in [-0.25, -0.2) is 0 Å². The molecule has 1 rings (SSSR count). The Morgan fingerprint density at radius 2 is 1.88 bits per heavy atom. The zero-order valence-corrected chi connectivity index (χ0v) is 10.2. The van der Waals surface area contributed by atoms with Crippen molar-refractivity contribution >= 4 is 11.9 Å². The Bertz CT molecular complexity index is 257. The molecule has 1 saturated carbocycles. The van der Waals surface area contributed by atoms with Gasteiger partial charge in [-0.15, -0.1) is 0 Å². The molecule has 0 atom stereocenters. The zero-order valence-electron chi connectivity index (χ0n) is 10.2. The highest BCUT2D eigenvalue weighted by molar-refractivity contribution is 5.73. The van der Waals surface area contributed by atoms with Gasteiger partial charge < -0.3 is 10.1 Å². The fraction of sp³-hybridized carbons (Fsp3) is 0.833. The van der Waals surface area contributed by atoms with Gasteiger partial charge in [-0.2, -0.15) is 0 Å². The molecule has 92 valence electrons. The second-order valence-electron chi connectivity index (χ2n) is 4.72. The van der Waals surface area contributed by atoms with Crippen LogP contribution in [0.15, 0.2) is 0 Å². The van der Waals surface area contributed by atoms with E-state index in [0.717, 1.165) is 25.7 Å². The number of carbonyl (C=O) groups excluding carboxylic acids is 2. The molecule has 0 heterocycles. The first-order valence-electron chi connectivity index (χ1n) is 5.89. The quantitative estimate of drug-likeness (QED) is 0.743. The Labute approximate surface area is 96.7 Å². The Morgan fingerprint density at radius 1 is 1.25 bits per heavy atom. The summed E-state index contributed by atoms with van der Waals surface area (Å²) in [5.74, 6) is -0.206. The second kappa shape index (κ2) is 5.87. The minimum atomic E-state index is -0.174. The first-order chi connectivity index (χ1) is 7.58. The fourth-order valence-electron chi connectivity index (χ4n) is 2.41. The summed E-state index contributed by atoms with van der Waals surface area (Å²) in [5, 5.41) is 2.84. The van der Waals surface area contributed by atoms with Gasteiger partial charge in [0.2, 0.25) is 5.91 Å². The van der Waals surface area contributed by atoms with Crippen molar-refractivity contribution in [2.45, 2.75) is 45.4 Å². The molecule has 16 heavy (non-hydrogen) atoms. The van der Waals surface area contributed by atoms with Gasteiger partial charge in [-0.1, -0.05) is 19.3 Å². The second-order valence-corrected chi connectivity index (χ2v) is 4.72. The van der Waals surface area contributed by atoms with Gasteiger partial charge >= 0.3 is 5.97 Å². The summed E-state index contributed by atoms with van der Waals surface area (Å²) in [7, 11) is 1.41.